The van der Waals surface area contributed by atoms with E-state index in [2.05, 4.69) is 10.2 Å². The molecule has 0 atom stereocenters. The number of imide groups is 1. The second kappa shape index (κ2) is 5.50. The number of nitrogens with zero attached hydrogens (tertiary/aromatic N) is 3. The third kappa shape index (κ3) is 2.28. The van der Waals surface area contributed by atoms with E-state index in [1.807, 2.05) is 6.92 Å². The van der Waals surface area contributed by atoms with Crippen LogP contribution >= 0.6 is 23.1 Å². The van der Waals surface area contributed by atoms with Gasteiger partial charge >= 0.3 is 5.97 Å². The fraction of sp³-hybridized carbons (Fsp3) is 0.154. The first-order chi connectivity index (χ1) is 10.5. The van der Waals surface area contributed by atoms with Crippen molar-refractivity contribution in [2.24, 2.45) is 0 Å². The molecule has 2 aromatic rings. The van der Waals surface area contributed by atoms with E-state index in [0.29, 0.717) is 4.34 Å². The fourth-order valence-corrected chi connectivity index (χ4v) is 3.76. The molecule has 0 saturated heterocycles. The lowest BCUT2D eigenvalue weighted by molar-refractivity contribution is 0.0696. The molecule has 9 heteroatoms. The Hall–Kier alpha value is -2.26. The summed E-state index contributed by atoms with van der Waals surface area (Å²) in [7, 11) is 0. The van der Waals surface area contributed by atoms with Crippen LogP contribution in [0.4, 0.5) is 5.13 Å². The molecule has 1 aromatic heterocycles. The van der Waals surface area contributed by atoms with Gasteiger partial charge in [-0.1, -0.05) is 30.0 Å². The summed E-state index contributed by atoms with van der Waals surface area (Å²) in [4.78, 5) is 36.7. The van der Waals surface area contributed by atoms with Gasteiger partial charge in [0.05, 0.1) is 16.7 Å². The van der Waals surface area contributed by atoms with Crippen molar-refractivity contribution >= 4 is 46.0 Å². The molecule has 1 aromatic carbocycles. The Morgan fingerprint density at radius 2 is 2.00 bits per heavy atom. The van der Waals surface area contributed by atoms with Crippen molar-refractivity contribution in [1.29, 1.82) is 0 Å². The molecule has 0 unspecified atom stereocenters. The van der Waals surface area contributed by atoms with Crippen molar-refractivity contribution in [3.63, 3.8) is 0 Å². The second-order valence-electron chi connectivity index (χ2n) is 4.29. The SMILES string of the molecule is CCSc1nnc(N2C(=O)c3ccc(C(=O)O)cc3C2=O)s1. The first kappa shape index (κ1) is 14.7. The minimum atomic E-state index is -1.15. The number of hydrogen-bond donors (Lipinski definition) is 1. The molecular weight excluding hydrogens is 326 g/mol. The van der Waals surface area contributed by atoms with Gasteiger partial charge in [-0.15, -0.1) is 10.2 Å². The molecule has 0 aliphatic carbocycles. The van der Waals surface area contributed by atoms with Gasteiger partial charge in [-0.2, -0.15) is 0 Å². The maximum atomic E-state index is 12.4. The maximum Gasteiger partial charge on any atom is 0.335 e. The highest BCUT2D eigenvalue weighted by Crippen LogP contribution is 2.33. The van der Waals surface area contributed by atoms with Crippen LogP contribution in [0.25, 0.3) is 0 Å². The van der Waals surface area contributed by atoms with Crippen molar-refractivity contribution in [2.45, 2.75) is 11.3 Å². The molecule has 112 valence electrons. The molecule has 3 rings (SSSR count). The zero-order chi connectivity index (χ0) is 15.9. The average Bonchev–Trinajstić information content (AvgIpc) is 3.03. The Kier molecular flexibility index (Phi) is 3.67. The number of anilines is 1. The predicted molar refractivity (Wildman–Crippen MR) is 80.8 cm³/mol. The van der Waals surface area contributed by atoms with E-state index in [1.165, 1.54) is 30.0 Å². The number of hydrogen-bond acceptors (Lipinski definition) is 7. The summed E-state index contributed by atoms with van der Waals surface area (Å²) in [5.74, 6) is -1.44. The lowest BCUT2D eigenvalue weighted by Crippen LogP contribution is -2.29. The van der Waals surface area contributed by atoms with Gasteiger partial charge in [-0.05, 0) is 24.0 Å². The molecule has 1 N–H and O–H groups in total. The molecule has 2 amide bonds. The monoisotopic (exact) mass is 335 g/mol. The van der Waals surface area contributed by atoms with Gasteiger partial charge in [0.1, 0.15) is 0 Å². The standard InChI is InChI=1S/C13H9N3O4S2/c1-2-21-13-15-14-12(22-13)16-9(17)7-4-3-6(11(19)20)5-8(7)10(16)18/h3-5H,2H2,1H3,(H,19,20). The summed E-state index contributed by atoms with van der Waals surface area (Å²) in [5.41, 5.74) is 0.209. The highest BCUT2D eigenvalue weighted by Gasteiger charge is 2.39. The molecule has 0 saturated carbocycles. The molecule has 7 nitrogen and oxygen atoms in total. The number of aromatic carboxylic acids is 1. The van der Waals surface area contributed by atoms with Crippen LogP contribution in [0.1, 0.15) is 38.0 Å². The van der Waals surface area contributed by atoms with Crippen LogP contribution in [0.2, 0.25) is 0 Å². The van der Waals surface area contributed by atoms with Crippen LogP contribution in [0.15, 0.2) is 22.5 Å². The highest BCUT2D eigenvalue weighted by molar-refractivity contribution is 8.01. The fourth-order valence-electron chi connectivity index (χ4n) is 2.02. The van der Waals surface area contributed by atoms with E-state index in [-0.39, 0.29) is 21.8 Å². The number of carbonyl (C=O) groups excluding carboxylic acids is 2. The molecule has 1 aliphatic heterocycles. The smallest absolute Gasteiger partial charge is 0.335 e. The minimum absolute atomic E-state index is 0.0405. The number of benzene rings is 1. The molecule has 1 aliphatic rings. The largest absolute Gasteiger partial charge is 0.478 e. The number of carbonyl (C=O) groups is 3. The average molecular weight is 335 g/mol. The van der Waals surface area contributed by atoms with Gasteiger partial charge in [-0.3, -0.25) is 9.59 Å². The van der Waals surface area contributed by atoms with E-state index in [0.717, 1.165) is 22.0 Å². The number of rotatable bonds is 4. The number of aromatic nitrogens is 2. The van der Waals surface area contributed by atoms with Gasteiger partial charge < -0.3 is 5.11 Å². The van der Waals surface area contributed by atoms with Crippen LogP contribution in [-0.2, 0) is 0 Å². The summed E-state index contributed by atoms with van der Waals surface area (Å²) in [5, 5.41) is 17.0. The number of carboxylic acid groups (broad SMARTS) is 1. The van der Waals surface area contributed by atoms with Gasteiger partial charge in [0.2, 0.25) is 5.13 Å². The van der Waals surface area contributed by atoms with Crippen LogP contribution in [0.5, 0.6) is 0 Å². The van der Waals surface area contributed by atoms with Gasteiger partial charge in [-0.25, -0.2) is 9.69 Å². The number of carboxylic acids is 1. The first-order valence-corrected chi connectivity index (χ1v) is 8.05. The highest BCUT2D eigenvalue weighted by atomic mass is 32.2. The number of amides is 2. The topological polar surface area (TPSA) is 100 Å². The van der Waals surface area contributed by atoms with Gasteiger partial charge in [0.15, 0.2) is 4.34 Å². The minimum Gasteiger partial charge on any atom is -0.478 e. The third-order valence-corrected chi connectivity index (χ3v) is 4.91. The predicted octanol–water partition coefficient (Wildman–Crippen LogP) is 2.15. The number of thioether (sulfide) groups is 1. The zero-order valence-corrected chi connectivity index (χ0v) is 12.9. The number of fused-ring (bicyclic) bond motifs is 1. The summed E-state index contributed by atoms with van der Waals surface area (Å²) in [6, 6.07) is 3.86. The molecular formula is C13H9N3O4S2. The van der Waals surface area contributed by atoms with Crippen LogP contribution in [-0.4, -0.2) is 38.8 Å². The van der Waals surface area contributed by atoms with Crippen molar-refractivity contribution in [1.82, 2.24) is 10.2 Å². The van der Waals surface area contributed by atoms with E-state index < -0.39 is 17.8 Å². The summed E-state index contributed by atoms with van der Waals surface area (Å²) >= 11 is 2.62. The van der Waals surface area contributed by atoms with Crippen LogP contribution in [0, 0.1) is 0 Å². The Morgan fingerprint density at radius 3 is 2.68 bits per heavy atom. The van der Waals surface area contributed by atoms with E-state index in [9.17, 15) is 14.4 Å². The molecule has 0 fully saturated rings. The van der Waals surface area contributed by atoms with Crippen molar-refractivity contribution in [3.8, 4) is 0 Å². The molecule has 0 bridgehead atoms. The first-order valence-electron chi connectivity index (χ1n) is 6.25. The normalized spacial score (nSPS) is 13.6. The van der Waals surface area contributed by atoms with Gasteiger partial charge in [0, 0.05) is 0 Å². The summed E-state index contributed by atoms with van der Waals surface area (Å²) < 4.78 is 0.667. The van der Waals surface area contributed by atoms with E-state index in [4.69, 9.17) is 5.11 Å². The molecule has 0 spiro atoms. The van der Waals surface area contributed by atoms with Crippen LogP contribution in [0.3, 0.4) is 0 Å². The quantitative estimate of drug-likeness (QED) is 0.519. The Balaban J connectivity index is 2.00. The van der Waals surface area contributed by atoms with Crippen LogP contribution < -0.4 is 4.90 Å². The third-order valence-electron chi connectivity index (χ3n) is 2.99. The zero-order valence-electron chi connectivity index (χ0n) is 11.3. The molecule has 22 heavy (non-hydrogen) atoms. The molecule has 0 radical (unpaired) electrons. The maximum absolute atomic E-state index is 12.4. The van der Waals surface area contributed by atoms with Crippen molar-refractivity contribution in [3.05, 3.63) is 34.9 Å². The van der Waals surface area contributed by atoms with Gasteiger partial charge in [0.25, 0.3) is 11.8 Å². The Bertz CT molecular complexity index is 802. The van der Waals surface area contributed by atoms with Crippen molar-refractivity contribution in [2.75, 3.05) is 10.7 Å². The summed E-state index contributed by atoms with van der Waals surface area (Å²) in [6.07, 6.45) is 0. The lowest BCUT2D eigenvalue weighted by Gasteiger charge is -2.07. The Labute approximate surface area is 133 Å². The second-order valence-corrected chi connectivity index (χ2v) is 6.76. The Morgan fingerprint density at radius 1 is 1.27 bits per heavy atom. The summed E-state index contributed by atoms with van der Waals surface area (Å²) in [6.45, 7) is 1.96. The lowest BCUT2D eigenvalue weighted by atomic mass is 10.1. The van der Waals surface area contributed by atoms with Crippen molar-refractivity contribution < 1.29 is 19.5 Å². The molecule has 2 heterocycles. The van der Waals surface area contributed by atoms with E-state index >= 15 is 0 Å². The van der Waals surface area contributed by atoms with E-state index in [1.54, 1.807) is 0 Å².